The summed E-state index contributed by atoms with van der Waals surface area (Å²) in [7, 11) is 3.70. The number of rotatable bonds is 4. The third kappa shape index (κ3) is 3.28. The van der Waals surface area contributed by atoms with Gasteiger partial charge in [0.05, 0.1) is 13.2 Å². The lowest BCUT2D eigenvalue weighted by Crippen LogP contribution is -2.50. The Morgan fingerprint density at radius 3 is 2.56 bits per heavy atom. The molecule has 0 spiro atoms. The fourth-order valence-electron chi connectivity index (χ4n) is 4.02. The van der Waals surface area contributed by atoms with E-state index in [1.807, 2.05) is 18.2 Å². The normalized spacial score (nSPS) is 27.2. The molecule has 1 heterocycles. The number of allylic oxidation sites excluding steroid dienone is 5. The predicted molar refractivity (Wildman–Crippen MR) is 109 cm³/mol. The number of aromatic hydroxyl groups is 1. The highest BCUT2D eigenvalue weighted by Crippen LogP contribution is 2.48. The van der Waals surface area contributed by atoms with E-state index in [2.05, 4.69) is 61.5 Å². The van der Waals surface area contributed by atoms with Crippen molar-refractivity contribution in [2.45, 2.75) is 24.8 Å². The van der Waals surface area contributed by atoms with Crippen LogP contribution in [0.3, 0.4) is 0 Å². The van der Waals surface area contributed by atoms with Gasteiger partial charge in [-0.15, -0.1) is 17.0 Å². The van der Waals surface area contributed by atoms with Gasteiger partial charge in [-0.05, 0) is 30.7 Å². The Morgan fingerprint density at radius 1 is 1.16 bits per heavy atom. The van der Waals surface area contributed by atoms with E-state index in [0.29, 0.717) is 11.7 Å². The van der Waals surface area contributed by atoms with Crippen LogP contribution >= 0.6 is 17.0 Å². The monoisotopic (exact) mass is 403 g/mol. The highest BCUT2D eigenvalue weighted by Gasteiger charge is 2.46. The molecule has 1 aromatic carbocycles. The Balaban J connectivity index is 0.00000225. The number of benzene rings is 1. The summed E-state index contributed by atoms with van der Waals surface area (Å²) in [5.74, 6) is 1.25. The lowest BCUT2D eigenvalue weighted by Gasteiger charge is -2.48. The number of halogens is 1. The molecule has 3 nitrogen and oxygen atoms in total. The molecule has 0 bridgehead atoms. The minimum absolute atomic E-state index is 0. The van der Waals surface area contributed by atoms with Crippen LogP contribution in [0.15, 0.2) is 66.9 Å². The summed E-state index contributed by atoms with van der Waals surface area (Å²) in [6.45, 7) is 2.20. The molecular formula is C21H26BrNO2. The molecule has 134 valence electrons. The molecule has 2 aliphatic rings. The van der Waals surface area contributed by atoms with Gasteiger partial charge in [0.2, 0.25) is 0 Å². The van der Waals surface area contributed by atoms with E-state index in [1.165, 1.54) is 0 Å². The van der Waals surface area contributed by atoms with Crippen LogP contribution < -0.4 is 4.74 Å². The minimum Gasteiger partial charge on any atom is -0.507 e. The molecular weight excluding hydrogens is 378 g/mol. The molecule has 0 saturated carbocycles. The Morgan fingerprint density at radius 2 is 1.92 bits per heavy atom. The lowest BCUT2D eigenvalue weighted by molar-refractivity contribution is 0.217. The van der Waals surface area contributed by atoms with Crippen molar-refractivity contribution in [3.05, 3.63) is 72.5 Å². The van der Waals surface area contributed by atoms with Crippen LogP contribution in [0.4, 0.5) is 0 Å². The maximum absolute atomic E-state index is 10.8. The van der Waals surface area contributed by atoms with Gasteiger partial charge in [0.1, 0.15) is 11.5 Å². The van der Waals surface area contributed by atoms with Crippen molar-refractivity contribution in [1.29, 1.82) is 0 Å². The Bertz CT molecular complexity index is 723. The molecule has 1 aliphatic carbocycles. The van der Waals surface area contributed by atoms with Gasteiger partial charge in [0.15, 0.2) is 0 Å². The second kappa shape index (κ2) is 7.96. The third-order valence-electron chi connectivity index (χ3n) is 5.21. The van der Waals surface area contributed by atoms with E-state index in [1.54, 1.807) is 13.2 Å². The van der Waals surface area contributed by atoms with Gasteiger partial charge in [-0.1, -0.05) is 49.4 Å². The Labute approximate surface area is 160 Å². The van der Waals surface area contributed by atoms with Gasteiger partial charge in [-0.3, -0.25) is 0 Å². The average Bonchev–Trinajstić information content (AvgIpc) is 2.61. The first-order valence-electron chi connectivity index (χ1n) is 8.44. The zero-order valence-electron chi connectivity index (χ0n) is 14.9. The maximum Gasteiger partial charge on any atom is 0.123 e. The Hall–Kier alpha value is -1.94. The van der Waals surface area contributed by atoms with Gasteiger partial charge in [0, 0.05) is 24.1 Å². The number of phenols is 1. The number of likely N-dealkylation sites (N-methyl/N-ethyl adjacent to an activating group) is 1. The molecule has 4 heteroatoms. The van der Waals surface area contributed by atoms with Gasteiger partial charge < -0.3 is 14.7 Å². The van der Waals surface area contributed by atoms with Gasteiger partial charge in [-0.25, -0.2) is 0 Å². The number of nitrogens with zero attached hydrogens (tertiary/aromatic N) is 1. The highest BCUT2D eigenvalue weighted by molar-refractivity contribution is 8.93. The van der Waals surface area contributed by atoms with Crippen LogP contribution in [0.2, 0.25) is 0 Å². The fourth-order valence-corrected chi connectivity index (χ4v) is 4.02. The molecule has 0 fully saturated rings. The summed E-state index contributed by atoms with van der Waals surface area (Å²) in [5, 5.41) is 10.8. The van der Waals surface area contributed by atoms with Crippen LogP contribution in [0.5, 0.6) is 11.5 Å². The molecule has 0 saturated heterocycles. The van der Waals surface area contributed by atoms with Crippen molar-refractivity contribution < 1.29 is 9.84 Å². The van der Waals surface area contributed by atoms with Crippen molar-refractivity contribution >= 4 is 17.0 Å². The third-order valence-corrected chi connectivity index (χ3v) is 5.21. The average molecular weight is 404 g/mol. The second-order valence-corrected chi connectivity index (χ2v) is 6.41. The fraction of sp³-hybridized carbons (Fsp3) is 0.333. The minimum atomic E-state index is -0.324. The topological polar surface area (TPSA) is 32.7 Å². The van der Waals surface area contributed by atoms with E-state index in [-0.39, 0.29) is 34.2 Å². The molecule has 3 rings (SSSR count). The molecule has 0 amide bonds. The number of phenolic OH excluding ortho intramolecular Hbond substituents is 1. The summed E-state index contributed by atoms with van der Waals surface area (Å²) < 4.78 is 5.26. The first kappa shape index (κ1) is 19.4. The number of ether oxygens (including phenoxy) is 1. The number of hydrogen-bond donors (Lipinski definition) is 1. The molecule has 0 aromatic heterocycles. The summed E-state index contributed by atoms with van der Waals surface area (Å²) >= 11 is 0. The van der Waals surface area contributed by atoms with Crippen LogP contribution in [0, 0.1) is 5.92 Å². The van der Waals surface area contributed by atoms with Crippen molar-refractivity contribution in [2.24, 2.45) is 5.92 Å². The van der Waals surface area contributed by atoms with E-state index < -0.39 is 0 Å². The van der Waals surface area contributed by atoms with Crippen molar-refractivity contribution in [3.63, 3.8) is 0 Å². The SMILES string of the molecule is Br.CCC1C=CC=CC1(c1ccc(OC)cc1O)C1C=CC=CN1C. The van der Waals surface area contributed by atoms with Crippen molar-refractivity contribution in [2.75, 3.05) is 14.2 Å². The largest absolute Gasteiger partial charge is 0.507 e. The lowest BCUT2D eigenvalue weighted by atomic mass is 9.61. The van der Waals surface area contributed by atoms with E-state index in [0.717, 1.165) is 12.0 Å². The molecule has 1 aliphatic heterocycles. The van der Waals surface area contributed by atoms with Crippen molar-refractivity contribution in [1.82, 2.24) is 4.90 Å². The van der Waals surface area contributed by atoms with E-state index in [9.17, 15) is 5.11 Å². The summed E-state index contributed by atoms with van der Waals surface area (Å²) in [6.07, 6.45) is 18.1. The standard InChI is InChI=1S/C21H25NO2.BrH/c1-4-16-9-5-7-13-21(16,20-10-6-8-14-22(20)2)18-12-11-17(24-3)15-19(18)23;/h5-16,20,23H,4H2,1-3H3;1H. The summed E-state index contributed by atoms with van der Waals surface area (Å²) in [6, 6.07) is 5.77. The highest BCUT2D eigenvalue weighted by atomic mass is 79.9. The van der Waals surface area contributed by atoms with Gasteiger partial charge >= 0.3 is 0 Å². The van der Waals surface area contributed by atoms with Crippen molar-refractivity contribution in [3.8, 4) is 11.5 Å². The molecule has 1 aromatic rings. The molecule has 3 atom stereocenters. The molecule has 0 radical (unpaired) electrons. The molecule has 3 unspecified atom stereocenters. The smallest absolute Gasteiger partial charge is 0.123 e. The number of methoxy groups -OCH3 is 1. The number of hydrogen-bond acceptors (Lipinski definition) is 3. The first-order valence-corrected chi connectivity index (χ1v) is 8.44. The van der Waals surface area contributed by atoms with Crippen LogP contribution in [0.25, 0.3) is 0 Å². The Kier molecular flexibility index (Phi) is 6.17. The van der Waals surface area contributed by atoms with Crippen LogP contribution in [-0.4, -0.2) is 30.2 Å². The van der Waals surface area contributed by atoms with E-state index in [4.69, 9.17) is 4.74 Å². The van der Waals surface area contributed by atoms with Gasteiger partial charge in [0.25, 0.3) is 0 Å². The maximum atomic E-state index is 10.8. The van der Waals surface area contributed by atoms with E-state index >= 15 is 0 Å². The first-order chi connectivity index (χ1) is 11.6. The second-order valence-electron chi connectivity index (χ2n) is 6.41. The zero-order chi connectivity index (χ0) is 17.2. The van der Waals surface area contributed by atoms with Crippen LogP contribution in [-0.2, 0) is 5.41 Å². The quantitative estimate of drug-likeness (QED) is 0.786. The van der Waals surface area contributed by atoms with Gasteiger partial charge in [-0.2, -0.15) is 0 Å². The van der Waals surface area contributed by atoms with Crippen LogP contribution in [0.1, 0.15) is 18.9 Å². The zero-order valence-corrected chi connectivity index (χ0v) is 16.6. The predicted octanol–water partition coefficient (Wildman–Crippen LogP) is 4.75. The molecule has 25 heavy (non-hydrogen) atoms. The summed E-state index contributed by atoms with van der Waals surface area (Å²) in [4.78, 5) is 2.22. The summed E-state index contributed by atoms with van der Waals surface area (Å²) in [5.41, 5.74) is 0.614. The molecule has 1 N–H and O–H groups in total.